The molecule has 0 aliphatic heterocycles. The molecule has 1 atom stereocenters. The van der Waals surface area contributed by atoms with Crippen LogP contribution >= 0.6 is 0 Å². The Morgan fingerprint density at radius 1 is 1.29 bits per heavy atom. The van der Waals surface area contributed by atoms with Gasteiger partial charge >= 0.3 is 5.97 Å². The molecule has 134 valence electrons. The molecule has 1 aliphatic carbocycles. The molecule has 1 unspecified atom stereocenters. The van der Waals surface area contributed by atoms with Crippen molar-refractivity contribution in [2.75, 3.05) is 13.2 Å². The highest BCUT2D eigenvalue weighted by Gasteiger charge is 2.16. The van der Waals surface area contributed by atoms with E-state index in [0.717, 1.165) is 25.9 Å². The molecule has 24 heavy (non-hydrogen) atoms. The van der Waals surface area contributed by atoms with E-state index in [1.807, 2.05) is 6.07 Å². The fourth-order valence-corrected chi connectivity index (χ4v) is 3.26. The molecule has 0 radical (unpaired) electrons. The first kappa shape index (κ1) is 18.8. The average Bonchev–Trinajstić information content (AvgIpc) is 2.64. The maximum Gasteiger partial charge on any atom is 0.357 e. The van der Waals surface area contributed by atoms with Crippen LogP contribution in [0.2, 0.25) is 0 Å². The van der Waals surface area contributed by atoms with Gasteiger partial charge in [-0.2, -0.15) is 0 Å². The zero-order valence-corrected chi connectivity index (χ0v) is 15.1. The van der Waals surface area contributed by atoms with E-state index in [2.05, 4.69) is 18.8 Å². The molecule has 0 amide bonds. The van der Waals surface area contributed by atoms with E-state index in [9.17, 15) is 4.79 Å². The van der Waals surface area contributed by atoms with Gasteiger partial charge in [-0.25, -0.2) is 9.78 Å². The summed E-state index contributed by atoms with van der Waals surface area (Å²) in [6.45, 7) is 5.48. The maximum absolute atomic E-state index is 12.2. The maximum atomic E-state index is 12.2. The van der Waals surface area contributed by atoms with Gasteiger partial charge in [0.2, 0.25) is 0 Å². The first-order chi connectivity index (χ1) is 11.7. The van der Waals surface area contributed by atoms with Crippen LogP contribution in [0.1, 0.15) is 75.7 Å². The number of rotatable bonds is 9. The first-order valence-corrected chi connectivity index (χ1v) is 9.48. The molecule has 4 heteroatoms. The van der Waals surface area contributed by atoms with Crippen LogP contribution in [0.15, 0.2) is 18.3 Å². The first-order valence-electron chi connectivity index (χ1n) is 9.48. The normalized spacial score (nSPS) is 16.6. The lowest BCUT2D eigenvalue weighted by Gasteiger charge is -2.21. The van der Waals surface area contributed by atoms with Crippen molar-refractivity contribution in [1.29, 1.82) is 0 Å². The van der Waals surface area contributed by atoms with Crippen LogP contribution in [-0.4, -0.2) is 24.2 Å². The number of pyridine rings is 1. The van der Waals surface area contributed by atoms with Crippen molar-refractivity contribution in [2.45, 2.75) is 65.2 Å². The Kier molecular flexibility index (Phi) is 8.06. The average molecular weight is 333 g/mol. The second-order valence-corrected chi connectivity index (χ2v) is 6.85. The van der Waals surface area contributed by atoms with E-state index >= 15 is 0 Å². The summed E-state index contributed by atoms with van der Waals surface area (Å²) in [5.41, 5.74) is 0.336. The van der Waals surface area contributed by atoms with Crippen molar-refractivity contribution in [2.24, 2.45) is 11.8 Å². The van der Waals surface area contributed by atoms with Gasteiger partial charge in [-0.1, -0.05) is 46.0 Å². The Morgan fingerprint density at radius 2 is 2.08 bits per heavy atom. The van der Waals surface area contributed by atoms with Crippen LogP contribution in [0.5, 0.6) is 5.75 Å². The van der Waals surface area contributed by atoms with Crippen molar-refractivity contribution in [3.8, 4) is 5.75 Å². The quantitative estimate of drug-likeness (QED) is 0.595. The Bertz CT molecular complexity index is 497. The van der Waals surface area contributed by atoms with Crippen molar-refractivity contribution in [3.63, 3.8) is 0 Å². The molecule has 1 aromatic rings. The molecule has 1 saturated carbocycles. The van der Waals surface area contributed by atoms with Crippen molar-refractivity contribution in [1.82, 2.24) is 4.98 Å². The largest absolute Gasteiger partial charge is 0.493 e. The Hall–Kier alpha value is -1.58. The third-order valence-electron chi connectivity index (χ3n) is 4.88. The number of carbonyl (C=O) groups excluding carboxylic acids is 1. The van der Waals surface area contributed by atoms with Gasteiger partial charge in [0.25, 0.3) is 0 Å². The van der Waals surface area contributed by atoms with Crippen LogP contribution in [0.25, 0.3) is 0 Å². The molecule has 1 heterocycles. The zero-order chi connectivity index (χ0) is 17.2. The van der Waals surface area contributed by atoms with Gasteiger partial charge in [0.1, 0.15) is 5.75 Å². The number of esters is 1. The molecule has 2 rings (SSSR count). The standard InChI is InChI=1S/C20H31NO3/c1-3-8-16(4-2)14-24-20(22)19-13-18(11-12-21-19)23-15-17-9-6-5-7-10-17/h11-13,16-17H,3-10,14-15H2,1-2H3. The number of aromatic nitrogens is 1. The van der Waals surface area contributed by atoms with Gasteiger partial charge in [0, 0.05) is 12.3 Å². The molecular weight excluding hydrogens is 302 g/mol. The molecule has 0 saturated heterocycles. The molecule has 1 fully saturated rings. The van der Waals surface area contributed by atoms with Gasteiger partial charge in [-0.05, 0) is 37.2 Å². The predicted molar refractivity (Wildman–Crippen MR) is 95.3 cm³/mol. The number of carbonyl (C=O) groups is 1. The summed E-state index contributed by atoms with van der Waals surface area (Å²) in [7, 11) is 0. The lowest BCUT2D eigenvalue weighted by molar-refractivity contribution is 0.0421. The van der Waals surface area contributed by atoms with Crippen LogP contribution in [-0.2, 0) is 4.74 Å². The van der Waals surface area contributed by atoms with E-state index in [1.165, 1.54) is 32.1 Å². The van der Waals surface area contributed by atoms with Crippen molar-refractivity contribution in [3.05, 3.63) is 24.0 Å². The van der Waals surface area contributed by atoms with E-state index in [1.54, 1.807) is 12.3 Å². The highest BCUT2D eigenvalue weighted by atomic mass is 16.5. The second kappa shape index (κ2) is 10.3. The highest BCUT2D eigenvalue weighted by Crippen LogP contribution is 2.24. The summed E-state index contributed by atoms with van der Waals surface area (Å²) in [4.78, 5) is 16.3. The van der Waals surface area contributed by atoms with Crippen LogP contribution in [0.3, 0.4) is 0 Å². The van der Waals surface area contributed by atoms with Gasteiger partial charge in [0.05, 0.1) is 13.2 Å². The number of hydrogen-bond acceptors (Lipinski definition) is 4. The van der Waals surface area contributed by atoms with E-state index in [0.29, 0.717) is 29.9 Å². The predicted octanol–water partition coefficient (Wildman–Crippen LogP) is 5.02. The summed E-state index contributed by atoms with van der Waals surface area (Å²) in [6, 6.07) is 3.51. The van der Waals surface area contributed by atoms with Crippen molar-refractivity contribution < 1.29 is 14.3 Å². The van der Waals surface area contributed by atoms with E-state index in [-0.39, 0.29) is 5.97 Å². The number of nitrogens with zero attached hydrogens (tertiary/aromatic N) is 1. The number of ether oxygens (including phenoxy) is 2. The van der Waals surface area contributed by atoms with Gasteiger partial charge in [-0.15, -0.1) is 0 Å². The zero-order valence-electron chi connectivity index (χ0n) is 15.1. The smallest absolute Gasteiger partial charge is 0.357 e. The lowest BCUT2D eigenvalue weighted by atomic mass is 9.90. The molecule has 1 aliphatic rings. The third-order valence-corrected chi connectivity index (χ3v) is 4.88. The second-order valence-electron chi connectivity index (χ2n) is 6.85. The lowest BCUT2D eigenvalue weighted by Crippen LogP contribution is -2.16. The summed E-state index contributed by atoms with van der Waals surface area (Å²) in [5, 5.41) is 0. The Morgan fingerprint density at radius 3 is 2.79 bits per heavy atom. The summed E-state index contributed by atoms with van der Waals surface area (Å²) in [6.07, 6.45) is 11.3. The van der Waals surface area contributed by atoms with Crippen LogP contribution in [0.4, 0.5) is 0 Å². The van der Waals surface area contributed by atoms with Crippen LogP contribution in [0, 0.1) is 11.8 Å². The summed E-state index contributed by atoms with van der Waals surface area (Å²) in [5.74, 6) is 1.43. The Balaban J connectivity index is 1.83. The molecule has 0 spiro atoms. The fraction of sp³-hybridized carbons (Fsp3) is 0.700. The summed E-state index contributed by atoms with van der Waals surface area (Å²) < 4.78 is 11.3. The van der Waals surface area contributed by atoms with Gasteiger partial charge in [-0.3, -0.25) is 0 Å². The van der Waals surface area contributed by atoms with E-state index in [4.69, 9.17) is 9.47 Å². The summed E-state index contributed by atoms with van der Waals surface area (Å²) >= 11 is 0. The van der Waals surface area contributed by atoms with Crippen LogP contribution < -0.4 is 4.74 Å². The number of hydrogen-bond donors (Lipinski definition) is 0. The molecular formula is C20H31NO3. The minimum atomic E-state index is -0.354. The van der Waals surface area contributed by atoms with E-state index < -0.39 is 0 Å². The topological polar surface area (TPSA) is 48.4 Å². The molecule has 4 nitrogen and oxygen atoms in total. The van der Waals surface area contributed by atoms with Crippen molar-refractivity contribution >= 4 is 5.97 Å². The minimum absolute atomic E-state index is 0.336. The molecule has 0 bridgehead atoms. The third kappa shape index (κ3) is 6.14. The van der Waals surface area contributed by atoms with Gasteiger partial charge < -0.3 is 9.47 Å². The van der Waals surface area contributed by atoms with Gasteiger partial charge in [0.15, 0.2) is 5.69 Å². The highest BCUT2D eigenvalue weighted by molar-refractivity contribution is 5.87. The molecule has 0 N–H and O–H groups in total. The SMILES string of the molecule is CCCC(CC)COC(=O)c1cc(OCC2CCCCC2)ccn1. The Labute approximate surface area is 146 Å². The molecule has 1 aromatic heterocycles. The monoisotopic (exact) mass is 333 g/mol. The minimum Gasteiger partial charge on any atom is -0.493 e. The fourth-order valence-electron chi connectivity index (χ4n) is 3.26. The molecule has 0 aromatic carbocycles.